The highest BCUT2D eigenvalue weighted by atomic mass is 32.2. The molecular formula is C12H16N2O5S. The van der Waals surface area contributed by atoms with E-state index in [9.17, 15) is 23.3 Å². The molecule has 1 N–H and O–H groups in total. The first-order chi connectivity index (χ1) is 9.20. The molecule has 7 nitrogen and oxygen atoms in total. The standard InChI is InChI=1S/C12H16N2O5S/c1-4-11(15)9(3)13-20(18,19)12-7-5-6-10(8(12)2)14(16)17/h5-7,9,13H,4H2,1-3H3. The summed E-state index contributed by atoms with van der Waals surface area (Å²) in [6.45, 7) is 4.43. The minimum absolute atomic E-state index is 0.0427. The number of Topliss-reactive ketones (excluding diaryl/α,β-unsaturated/α-hetero) is 1. The third kappa shape index (κ3) is 3.40. The molecule has 0 aromatic heterocycles. The number of hydrogen-bond acceptors (Lipinski definition) is 5. The van der Waals surface area contributed by atoms with Gasteiger partial charge in [-0.05, 0) is 19.9 Å². The third-order valence-electron chi connectivity index (χ3n) is 2.91. The smallest absolute Gasteiger partial charge is 0.273 e. The molecule has 1 aromatic rings. The first kappa shape index (κ1) is 16.3. The van der Waals surface area contributed by atoms with Crippen molar-refractivity contribution in [2.75, 3.05) is 0 Å². The molecule has 8 heteroatoms. The fourth-order valence-electron chi connectivity index (χ4n) is 1.76. The number of nitro groups is 1. The molecule has 1 atom stereocenters. The van der Waals surface area contributed by atoms with Gasteiger partial charge in [-0.25, -0.2) is 13.1 Å². The Balaban J connectivity index is 3.20. The zero-order chi connectivity index (χ0) is 15.5. The number of carbonyl (C=O) groups excluding carboxylic acids is 1. The molecule has 0 aliphatic carbocycles. The molecule has 0 bridgehead atoms. The van der Waals surface area contributed by atoms with Gasteiger partial charge in [-0.15, -0.1) is 0 Å². The van der Waals surface area contributed by atoms with Crippen LogP contribution in [0.3, 0.4) is 0 Å². The Bertz CT molecular complexity index is 639. The monoisotopic (exact) mass is 300 g/mol. The summed E-state index contributed by atoms with van der Waals surface area (Å²) < 4.78 is 26.6. The van der Waals surface area contributed by atoms with E-state index in [1.807, 2.05) is 0 Å². The zero-order valence-electron chi connectivity index (χ0n) is 11.4. The summed E-state index contributed by atoms with van der Waals surface area (Å²) in [5.41, 5.74) is -0.233. The molecule has 0 spiro atoms. The molecule has 0 fully saturated rings. The summed E-state index contributed by atoms with van der Waals surface area (Å²) in [4.78, 5) is 21.4. The largest absolute Gasteiger partial charge is 0.298 e. The fraction of sp³-hybridized carbons (Fsp3) is 0.417. The van der Waals surface area contributed by atoms with E-state index in [4.69, 9.17) is 0 Å². The number of benzene rings is 1. The minimum atomic E-state index is -3.98. The van der Waals surface area contributed by atoms with Crippen molar-refractivity contribution in [1.29, 1.82) is 0 Å². The number of nitrogens with one attached hydrogen (secondary N) is 1. The van der Waals surface area contributed by atoms with Crippen molar-refractivity contribution in [3.63, 3.8) is 0 Å². The minimum Gasteiger partial charge on any atom is -0.298 e. The molecule has 1 aromatic carbocycles. The molecular weight excluding hydrogens is 284 g/mol. The lowest BCUT2D eigenvalue weighted by atomic mass is 10.2. The molecule has 1 unspecified atom stereocenters. The molecule has 0 aliphatic rings. The van der Waals surface area contributed by atoms with Crippen molar-refractivity contribution in [2.45, 2.75) is 38.1 Å². The first-order valence-electron chi connectivity index (χ1n) is 5.99. The van der Waals surface area contributed by atoms with Crippen LogP contribution in [-0.2, 0) is 14.8 Å². The summed E-state index contributed by atoms with van der Waals surface area (Å²) in [5, 5.41) is 10.8. The van der Waals surface area contributed by atoms with Crippen molar-refractivity contribution < 1.29 is 18.1 Å². The van der Waals surface area contributed by atoms with Crippen LogP contribution in [0.2, 0.25) is 0 Å². The Morgan fingerprint density at radius 2 is 2.05 bits per heavy atom. The highest BCUT2D eigenvalue weighted by Crippen LogP contribution is 2.24. The number of rotatable bonds is 6. The maximum atomic E-state index is 12.2. The van der Waals surface area contributed by atoms with E-state index >= 15 is 0 Å². The average molecular weight is 300 g/mol. The van der Waals surface area contributed by atoms with Gasteiger partial charge in [-0.1, -0.05) is 13.0 Å². The summed E-state index contributed by atoms with van der Waals surface area (Å²) in [6, 6.07) is 2.93. The third-order valence-corrected chi connectivity index (χ3v) is 4.59. The molecule has 0 amide bonds. The summed E-state index contributed by atoms with van der Waals surface area (Å²) >= 11 is 0. The van der Waals surface area contributed by atoms with Crippen LogP contribution in [0, 0.1) is 17.0 Å². The summed E-state index contributed by atoms with van der Waals surface area (Å²) in [7, 11) is -3.98. The lowest BCUT2D eigenvalue weighted by molar-refractivity contribution is -0.385. The van der Waals surface area contributed by atoms with Gasteiger partial charge < -0.3 is 0 Å². The van der Waals surface area contributed by atoms with E-state index < -0.39 is 21.0 Å². The maximum Gasteiger partial charge on any atom is 0.273 e. The molecule has 0 aliphatic heterocycles. The Kier molecular flexibility index (Phi) is 4.96. The van der Waals surface area contributed by atoms with Crippen LogP contribution in [0.4, 0.5) is 5.69 Å². The summed E-state index contributed by atoms with van der Waals surface area (Å²) in [6.07, 6.45) is 0.206. The van der Waals surface area contributed by atoms with Crippen LogP contribution in [0.25, 0.3) is 0 Å². The Labute approximate surface area is 117 Å². The second kappa shape index (κ2) is 6.10. The van der Waals surface area contributed by atoms with Gasteiger partial charge in [0, 0.05) is 18.1 Å². The van der Waals surface area contributed by atoms with Crippen molar-refractivity contribution >= 4 is 21.5 Å². The number of ketones is 1. The second-order valence-corrected chi connectivity index (χ2v) is 6.00. The van der Waals surface area contributed by atoms with Crippen LogP contribution >= 0.6 is 0 Å². The van der Waals surface area contributed by atoms with Gasteiger partial charge in [0.2, 0.25) is 10.0 Å². The molecule has 0 radical (unpaired) electrons. The van der Waals surface area contributed by atoms with Crippen molar-refractivity contribution in [3.8, 4) is 0 Å². The van der Waals surface area contributed by atoms with E-state index in [0.717, 1.165) is 0 Å². The van der Waals surface area contributed by atoms with E-state index in [1.165, 1.54) is 32.0 Å². The topological polar surface area (TPSA) is 106 Å². The number of sulfonamides is 1. The lowest BCUT2D eigenvalue weighted by Crippen LogP contribution is -2.38. The number of hydrogen-bond donors (Lipinski definition) is 1. The molecule has 0 saturated carbocycles. The van der Waals surface area contributed by atoms with Crippen molar-refractivity contribution in [3.05, 3.63) is 33.9 Å². The van der Waals surface area contributed by atoms with Crippen molar-refractivity contribution in [2.24, 2.45) is 0 Å². The molecule has 0 saturated heterocycles. The number of nitrogens with zero attached hydrogens (tertiary/aromatic N) is 1. The Morgan fingerprint density at radius 1 is 1.45 bits per heavy atom. The van der Waals surface area contributed by atoms with Crippen LogP contribution in [0.15, 0.2) is 23.1 Å². The highest BCUT2D eigenvalue weighted by Gasteiger charge is 2.25. The van der Waals surface area contributed by atoms with Gasteiger partial charge in [-0.3, -0.25) is 14.9 Å². The van der Waals surface area contributed by atoms with E-state index in [1.54, 1.807) is 6.92 Å². The summed E-state index contributed by atoms with van der Waals surface area (Å²) in [5.74, 6) is -0.253. The quantitative estimate of drug-likeness (QED) is 0.633. The maximum absolute atomic E-state index is 12.2. The van der Waals surface area contributed by atoms with Gasteiger partial charge in [0.05, 0.1) is 15.9 Å². The molecule has 110 valence electrons. The molecule has 20 heavy (non-hydrogen) atoms. The van der Waals surface area contributed by atoms with E-state index in [0.29, 0.717) is 0 Å². The number of nitro benzene ring substituents is 1. The average Bonchev–Trinajstić information content (AvgIpc) is 2.36. The molecule has 1 rings (SSSR count). The first-order valence-corrected chi connectivity index (χ1v) is 7.48. The van der Waals surface area contributed by atoms with Gasteiger partial charge in [0.25, 0.3) is 5.69 Å². The Hall–Kier alpha value is -1.80. The SMILES string of the molecule is CCC(=O)C(C)NS(=O)(=O)c1cccc([N+](=O)[O-])c1C. The highest BCUT2D eigenvalue weighted by molar-refractivity contribution is 7.89. The number of carbonyl (C=O) groups is 1. The normalized spacial score (nSPS) is 12.9. The Morgan fingerprint density at radius 3 is 2.55 bits per heavy atom. The van der Waals surface area contributed by atoms with Crippen LogP contribution < -0.4 is 4.72 Å². The van der Waals surface area contributed by atoms with Gasteiger partial charge >= 0.3 is 0 Å². The molecule has 0 heterocycles. The zero-order valence-corrected chi connectivity index (χ0v) is 12.2. The van der Waals surface area contributed by atoms with Crippen molar-refractivity contribution in [1.82, 2.24) is 4.72 Å². The van der Waals surface area contributed by atoms with Crippen LogP contribution in [-0.4, -0.2) is 25.2 Å². The lowest BCUT2D eigenvalue weighted by Gasteiger charge is -2.13. The van der Waals surface area contributed by atoms with E-state index in [2.05, 4.69) is 4.72 Å². The predicted molar refractivity (Wildman–Crippen MR) is 72.9 cm³/mol. The van der Waals surface area contributed by atoms with Gasteiger partial charge in [0.1, 0.15) is 5.78 Å². The van der Waals surface area contributed by atoms with Gasteiger partial charge in [-0.2, -0.15) is 0 Å². The van der Waals surface area contributed by atoms with E-state index in [-0.39, 0.29) is 28.4 Å². The van der Waals surface area contributed by atoms with Gasteiger partial charge in [0.15, 0.2) is 0 Å². The fourth-order valence-corrected chi connectivity index (χ4v) is 3.25. The van der Waals surface area contributed by atoms with Crippen LogP contribution in [0.1, 0.15) is 25.8 Å². The van der Waals surface area contributed by atoms with Crippen LogP contribution in [0.5, 0.6) is 0 Å². The second-order valence-electron chi connectivity index (χ2n) is 4.32. The predicted octanol–water partition coefficient (Wildman–Crippen LogP) is 1.55.